The van der Waals surface area contributed by atoms with Gasteiger partial charge in [0, 0.05) is 18.8 Å². The molecule has 0 bridgehead atoms. The van der Waals surface area contributed by atoms with Crippen LogP contribution < -0.4 is 5.11 Å². The molecule has 0 aromatic carbocycles. The molecule has 82 valence electrons. The Morgan fingerprint density at radius 2 is 1.86 bits per heavy atom. The van der Waals surface area contributed by atoms with Gasteiger partial charge in [0.05, 0.1) is 33.0 Å². The molecule has 0 spiro atoms. The van der Waals surface area contributed by atoms with Crippen LogP contribution in [0.3, 0.4) is 0 Å². The van der Waals surface area contributed by atoms with Gasteiger partial charge in [-0.3, -0.25) is 3.89 Å². The number of carboxylic acids is 1. The minimum Gasteiger partial charge on any atom is -0.550 e. The van der Waals surface area contributed by atoms with Gasteiger partial charge in [-0.2, -0.15) is 4.91 Å². The quantitative estimate of drug-likeness (QED) is 0.383. The summed E-state index contributed by atoms with van der Waals surface area (Å²) in [4.78, 5) is 19.0. The molecule has 6 heteroatoms. The molecule has 0 atom stereocenters. The standard InChI is InChI=1S/C6H13N2OS.C2H4O2/c1-8(10)4-2-6(7-9)3-5-8;1-2(3)4/h6,10H,2-5H2,1H3;1H3,(H,3,4)/q+1;/p-1. The lowest BCUT2D eigenvalue weighted by molar-refractivity contribution is -0.776. The molecule has 0 aliphatic carbocycles. The van der Waals surface area contributed by atoms with Crippen molar-refractivity contribution in [2.75, 3.05) is 20.1 Å². The highest BCUT2D eigenvalue weighted by Crippen LogP contribution is 2.20. The second kappa shape index (κ2) is 5.98. The Labute approximate surface area is 89.2 Å². The molecule has 0 aromatic heterocycles. The van der Waals surface area contributed by atoms with Crippen molar-refractivity contribution >= 4 is 18.8 Å². The lowest BCUT2D eigenvalue weighted by Gasteiger charge is -2.32. The highest BCUT2D eigenvalue weighted by Gasteiger charge is 2.27. The third kappa shape index (κ3) is 6.85. The number of carboxylic acid groups (broad SMARTS) is 1. The number of hydrogen-bond donors (Lipinski definition) is 1. The summed E-state index contributed by atoms with van der Waals surface area (Å²) in [5.41, 5.74) is 0. The van der Waals surface area contributed by atoms with Gasteiger partial charge in [-0.15, -0.1) is 0 Å². The smallest absolute Gasteiger partial charge is 0.103 e. The van der Waals surface area contributed by atoms with E-state index >= 15 is 0 Å². The summed E-state index contributed by atoms with van der Waals surface area (Å²) < 4.78 is 0.742. The Morgan fingerprint density at radius 1 is 1.50 bits per heavy atom. The number of rotatable bonds is 1. The first-order chi connectivity index (χ1) is 6.37. The molecule has 0 aromatic rings. The van der Waals surface area contributed by atoms with E-state index in [0.717, 1.165) is 36.7 Å². The molecule has 0 saturated carbocycles. The highest BCUT2D eigenvalue weighted by atomic mass is 32.1. The van der Waals surface area contributed by atoms with E-state index in [1.165, 1.54) is 0 Å². The monoisotopic (exact) mass is 220 g/mol. The lowest BCUT2D eigenvalue weighted by Crippen LogP contribution is -2.42. The molecule has 0 unspecified atom stereocenters. The number of thiol groups is 1. The maximum Gasteiger partial charge on any atom is 0.103 e. The summed E-state index contributed by atoms with van der Waals surface area (Å²) in [7, 11) is 2.06. The summed E-state index contributed by atoms with van der Waals surface area (Å²) in [5, 5.41) is 11.9. The molecule has 1 aliphatic heterocycles. The second-order valence-electron chi connectivity index (χ2n) is 3.61. The van der Waals surface area contributed by atoms with Gasteiger partial charge in [-0.25, -0.2) is 0 Å². The second-order valence-corrected chi connectivity index (χ2v) is 4.58. The lowest BCUT2D eigenvalue weighted by atomic mass is 10.1. The predicted molar refractivity (Wildman–Crippen MR) is 54.4 cm³/mol. The highest BCUT2D eigenvalue weighted by molar-refractivity contribution is 7.74. The summed E-state index contributed by atoms with van der Waals surface area (Å²) in [5.74, 6) is -1.08. The zero-order valence-electron chi connectivity index (χ0n) is 8.47. The molecular weight excluding hydrogens is 204 g/mol. The van der Waals surface area contributed by atoms with Crippen LogP contribution in [-0.2, 0) is 4.79 Å². The van der Waals surface area contributed by atoms with Crippen LogP contribution in [-0.4, -0.2) is 36.0 Å². The van der Waals surface area contributed by atoms with Crippen LogP contribution in [0.2, 0.25) is 0 Å². The largest absolute Gasteiger partial charge is 0.550 e. The van der Waals surface area contributed by atoms with Gasteiger partial charge in [0.25, 0.3) is 0 Å². The van der Waals surface area contributed by atoms with Crippen molar-refractivity contribution in [2.24, 2.45) is 5.18 Å². The minimum atomic E-state index is -1.08. The average molecular weight is 220 g/mol. The molecular formula is C8H16N2O3S. The van der Waals surface area contributed by atoms with Crippen molar-refractivity contribution in [1.29, 1.82) is 0 Å². The van der Waals surface area contributed by atoms with Crippen LogP contribution >= 0.6 is 12.8 Å². The number of nitroso groups, excluding NO2 is 1. The minimum absolute atomic E-state index is 0.0540. The number of likely N-dealkylation sites (tertiary alicyclic amines) is 1. The van der Waals surface area contributed by atoms with E-state index in [-0.39, 0.29) is 6.04 Å². The van der Waals surface area contributed by atoms with E-state index in [4.69, 9.17) is 9.90 Å². The topological polar surface area (TPSA) is 69.6 Å². The van der Waals surface area contributed by atoms with Crippen molar-refractivity contribution < 1.29 is 13.8 Å². The number of carbonyl (C=O) groups is 1. The summed E-state index contributed by atoms with van der Waals surface area (Å²) in [6, 6.07) is 0.0540. The van der Waals surface area contributed by atoms with Crippen LogP contribution in [0.15, 0.2) is 5.18 Å². The van der Waals surface area contributed by atoms with Crippen LogP contribution in [0, 0.1) is 4.91 Å². The Balaban J connectivity index is 0.000000364. The van der Waals surface area contributed by atoms with Crippen molar-refractivity contribution in [2.45, 2.75) is 25.8 Å². The summed E-state index contributed by atoms with van der Waals surface area (Å²) in [6.45, 7) is 2.89. The number of quaternary nitrogens is 1. The zero-order chi connectivity index (χ0) is 11.2. The van der Waals surface area contributed by atoms with Crippen molar-refractivity contribution in [3.8, 4) is 0 Å². The van der Waals surface area contributed by atoms with Crippen molar-refractivity contribution in [3.63, 3.8) is 0 Å². The molecule has 1 aliphatic rings. The Hall–Kier alpha value is -0.620. The maximum atomic E-state index is 10.1. The number of aliphatic carboxylic acids is 1. The van der Waals surface area contributed by atoms with E-state index in [1.54, 1.807) is 0 Å². The average Bonchev–Trinajstić information content (AvgIpc) is 2.03. The van der Waals surface area contributed by atoms with Crippen molar-refractivity contribution in [1.82, 2.24) is 0 Å². The molecule has 1 fully saturated rings. The van der Waals surface area contributed by atoms with Gasteiger partial charge in [0.1, 0.15) is 6.04 Å². The molecule has 0 radical (unpaired) electrons. The van der Waals surface area contributed by atoms with E-state index in [0.29, 0.717) is 0 Å². The predicted octanol–water partition coefficient (Wildman–Crippen LogP) is -0.0372. The molecule has 1 saturated heterocycles. The fourth-order valence-electron chi connectivity index (χ4n) is 1.22. The number of hydrogen-bond acceptors (Lipinski definition) is 5. The zero-order valence-corrected chi connectivity index (χ0v) is 9.37. The number of piperidine rings is 1. The molecule has 0 N–H and O–H groups in total. The molecule has 14 heavy (non-hydrogen) atoms. The van der Waals surface area contributed by atoms with Gasteiger partial charge in [0.2, 0.25) is 0 Å². The van der Waals surface area contributed by atoms with Gasteiger partial charge in [-0.05, 0) is 6.92 Å². The van der Waals surface area contributed by atoms with Crippen LogP contribution in [0.5, 0.6) is 0 Å². The third-order valence-corrected chi connectivity index (χ3v) is 2.44. The number of nitrogens with zero attached hydrogens (tertiary/aromatic N) is 2. The summed E-state index contributed by atoms with van der Waals surface area (Å²) in [6.07, 6.45) is 1.78. The van der Waals surface area contributed by atoms with Crippen LogP contribution in [0.4, 0.5) is 0 Å². The third-order valence-electron chi connectivity index (χ3n) is 2.04. The molecule has 1 rings (SSSR count). The summed E-state index contributed by atoms with van der Waals surface area (Å²) >= 11 is 4.39. The Bertz CT molecular complexity index is 195. The van der Waals surface area contributed by atoms with Gasteiger partial charge < -0.3 is 9.90 Å². The van der Waals surface area contributed by atoms with Crippen LogP contribution in [0.25, 0.3) is 0 Å². The molecule has 1 heterocycles. The Kier molecular flexibility index (Phi) is 5.71. The van der Waals surface area contributed by atoms with Crippen molar-refractivity contribution in [3.05, 3.63) is 4.91 Å². The van der Waals surface area contributed by atoms with Crippen LogP contribution in [0.1, 0.15) is 19.8 Å². The van der Waals surface area contributed by atoms with E-state index in [1.807, 2.05) is 0 Å². The maximum absolute atomic E-state index is 10.1. The van der Waals surface area contributed by atoms with E-state index in [2.05, 4.69) is 25.0 Å². The SMILES string of the molecule is CC(=O)[O-].C[N+]1(S)CCC(N=O)CC1. The van der Waals surface area contributed by atoms with Gasteiger partial charge >= 0.3 is 0 Å². The van der Waals surface area contributed by atoms with Gasteiger partial charge in [-0.1, -0.05) is 5.18 Å². The normalized spacial score (nSPS) is 31.2. The molecule has 5 nitrogen and oxygen atoms in total. The first-order valence-corrected chi connectivity index (χ1v) is 4.85. The van der Waals surface area contributed by atoms with E-state index < -0.39 is 5.97 Å². The van der Waals surface area contributed by atoms with E-state index in [9.17, 15) is 4.91 Å². The number of carbonyl (C=O) groups excluding carboxylic acids is 1. The Morgan fingerprint density at radius 3 is 2.14 bits per heavy atom. The fourth-order valence-corrected chi connectivity index (χ4v) is 1.45. The molecule has 0 amide bonds. The first-order valence-electron chi connectivity index (χ1n) is 4.45. The van der Waals surface area contributed by atoms with Gasteiger partial charge in [0.15, 0.2) is 0 Å². The fraction of sp³-hybridized carbons (Fsp3) is 0.875. The first kappa shape index (κ1) is 13.4.